The van der Waals surface area contributed by atoms with Crippen LogP contribution in [0.2, 0.25) is 5.02 Å². The molecule has 0 bridgehead atoms. The Bertz CT molecular complexity index is 426. The second-order valence-corrected chi connectivity index (χ2v) is 5.95. The molecule has 0 radical (unpaired) electrons. The van der Waals surface area contributed by atoms with Crippen LogP contribution in [0.4, 0.5) is 0 Å². The van der Waals surface area contributed by atoms with Crippen LogP contribution in [0.5, 0.6) is 0 Å². The van der Waals surface area contributed by atoms with Gasteiger partial charge in [-0.1, -0.05) is 34.5 Å². The van der Waals surface area contributed by atoms with Crippen LogP contribution in [0, 0.1) is 5.92 Å². The Kier molecular flexibility index (Phi) is 7.42. The SMILES string of the molecule is CC(CCO)CNC(=O)CCc1cc(Cl)ccc1Br. The third-order valence-corrected chi connectivity index (χ3v) is 3.91. The van der Waals surface area contributed by atoms with Crippen molar-refractivity contribution in [1.82, 2.24) is 5.32 Å². The third-order valence-electron chi connectivity index (χ3n) is 2.90. The number of aliphatic hydroxyl groups is 1. The summed E-state index contributed by atoms with van der Waals surface area (Å²) in [7, 11) is 0. The Balaban J connectivity index is 2.35. The maximum atomic E-state index is 11.7. The van der Waals surface area contributed by atoms with Gasteiger partial charge >= 0.3 is 0 Å². The Morgan fingerprint density at radius 2 is 2.26 bits per heavy atom. The number of carbonyl (C=O) groups is 1. The van der Waals surface area contributed by atoms with E-state index in [1.54, 1.807) is 0 Å². The molecule has 0 heterocycles. The molecule has 0 fully saturated rings. The molecule has 1 aromatic rings. The molecule has 3 nitrogen and oxygen atoms in total. The smallest absolute Gasteiger partial charge is 0.220 e. The second kappa shape index (κ2) is 8.56. The number of hydrogen-bond donors (Lipinski definition) is 2. The fourth-order valence-electron chi connectivity index (χ4n) is 1.68. The van der Waals surface area contributed by atoms with Crippen LogP contribution in [0.25, 0.3) is 0 Å². The molecule has 0 aromatic heterocycles. The first kappa shape index (κ1) is 16.5. The summed E-state index contributed by atoms with van der Waals surface area (Å²) in [5.41, 5.74) is 1.03. The van der Waals surface area contributed by atoms with E-state index in [-0.39, 0.29) is 12.5 Å². The van der Waals surface area contributed by atoms with Crippen molar-refractivity contribution in [1.29, 1.82) is 0 Å². The van der Waals surface area contributed by atoms with Crippen molar-refractivity contribution in [2.75, 3.05) is 13.2 Å². The average Bonchev–Trinajstić information content (AvgIpc) is 2.38. The molecule has 0 aliphatic rings. The summed E-state index contributed by atoms with van der Waals surface area (Å²) < 4.78 is 0.971. The minimum absolute atomic E-state index is 0.0247. The van der Waals surface area contributed by atoms with Crippen molar-refractivity contribution in [3.05, 3.63) is 33.3 Å². The molecule has 0 saturated carbocycles. The van der Waals surface area contributed by atoms with Gasteiger partial charge in [-0.3, -0.25) is 4.79 Å². The summed E-state index contributed by atoms with van der Waals surface area (Å²) in [6.45, 7) is 2.77. The van der Waals surface area contributed by atoms with Gasteiger partial charge in [-0.05, 0) is 42.5 Å². The molecular weight excluding hydrogens is 330 g/mol. The number of nitrogens with one attached hydrogen (secondary N) is 1. The highest BCUT2D eigenvalue weighted by molar-refractivity contribution is 9.10. The predicted molar refractivity (Wildman–Crippen MR) is 81.3 cm³/mol. The number of hydrogen-bond acceptors (Lipinski definition) is 2. The summed E-state index contributed by atoms with van der Waals surface area (Å²) in [4.78, 5) is 11.7. The van der Waals surface area contributed by atoms with Crippen LogP contribution in [0.15, 0.2) is 22.7 Å². The maximum absolute atomic E-state index is 11.7. The van der Waals surface area contributed by atoms with Crippen LogP contribution in [-0.2, 0) is 11.2 Å². The molecule has 19 heavy (non-hydrogen) atoms. The summed E-state index contributed by atoms with van der Waals surface area (Å²) >= 11 is 9.37. The van der Waals surface area contributed by atoms with Crippen LogP contribution in [0.1, 0.15) is 25.3 Å². The molecule has 1 aromatic carbocycles. The fraction of sp³-hybridized carbons (Fsp3) is 0.500. The fourth-order valence-corrected chi connectivity index (χ4v) is 2.32. The number of aliphatic hydroxyl groups excluding tert-OH is 1. The zero-order valence-corrected chi connectivity index (χ0v) is 13.3. The highest BCUT2D eigenvalue weighted by Crippen LogP contribution is 2.22. The highest BCUT2D eigenvalue weighted by Gasteiger charge is 2.07. The van der Waals surface area contributed by atoms with Gasteiger partial charge in [0.25, 0.3) is 0 Å². The number of halogens is 2. The lowest BCUT2D eigenvalue weighted by Crippen LogP contribution is -2.28. The maximum Gasteiger partial charge on any atom is 0.220 e. The second-order valence-electron chi connectivity index (χ2n) is 4.66. The Morgan fingerprint density at radius 3 is 2.95 bits per heavy atom. The van der Waals surface area contributed by atoms with E-state index in [1.165, 1.54) is 0 Å². The van der Waals surface area contributed by atoms with E-state index in [0.29, 0.717) is 36.7 Å². The summed E-state index contributed by atoms with van der Waals surface area (Å²) in [5.74, 6) is 0.323. The van der Waals surface area contributed by atoms with E-state index in [4.69, 9.17) is 16.7 Å². The summed E-state index contributed by atoms with van der Waals surface area (Å²) in [5, 5.41) is 12.3. The molecule has 5 heteroatoms. The Hall–Kier alpha value is -0.580. The van der Waals surface area contributed by atoms with Gasteiger partial charge in [0.05, 0.1) is 0 Å². The zero-order chi connectivity index (χ0) is 14.3. The van der Waals surface area contributed by atoms with Crippen LogP contribution >= 0.6 is 27.5 Å². The molecule has 106 valence electrons. The minimum Gasteiger partial charge on any atom is -0.396 e. The van der Waals surface area contributed by atoms with Gasteiger partial charge in [-0.15, -0.1) is 0 Å². The normalized spacial score (nSPS) is 12.2. The first-order chi connectivity index (χ1) is 9.02. The van der Waals surface area contributed by atoms with Gasteiger partial charge in [-0.2, -0.15) is 0 Å². The van der Waals surface area contributed by atoms with Crippen LogP contribution < -0.4 is 5.32 Å². The van der Waals surface area contributed by atoms with E-state index in [2.05, 4.69) is 21.2 Å². The highest BCUT2D eigenvalue weighted by atomic mass is 79.9. The van der Waals surface area contributed by atoms with Crippen LogP contribution in [0.3, 0.4) is 0 Å². The van der Waals surface area contributed by atoms with E-state index in [0.717, 1.165) is 10.0 Å². The molecule has 0 saturated heterocycles. The first-order valence-corrected chi connectivity index (χ1v) is 7.51. The molecule has 2 N–H and O–H groups in total. The monoisotopic (exact) mass is 347 g/mol. The average molecular weight is 349 g/mol. The number of carbonyl (C=O) groups excluding carboxylic acids is 1. The molecular formula is C14H19BrClNO2. The van der Waals surface area contributed by atoms with Gasteiger partial charge < -0.3 is 10.4 Å². The third kappa shape index (κ3) is 6.41. The molecule has 1 unspecified atom stereocenters. The van der Waals surface area contributed by atoms with E-state index in [9.17, 15) is 4.79 Å². The standard InChI is InChI=1S/C14H19BrClNO2/c1-10(6-7-18)9-17-14(19)5-2-11-8-12(16)3-4-13(11)15/h3-4,8,10,18H,2,5-7,9H2,1H3,(H,17,19). The molecule has 1 atom stereocenters. The van der Waals surface area contributed by atoms with Gasteiger partial charge in [0.2, 0.25) is 5.91 Å². The van der Waals surface area contributed by atoms with E-state index in [1.807, 2.05) is 25.1 Å². The quantitative estimate of drug-likeness (QED) is 0.795. The lowest BCUT2D eigenvalue weighted by atomic mass is 10.1. The van der Waals surface area contributed by atoms with Crippen molar-refractivity contribution in [2.24, 2.45) is 5.92 Å². The summed E-state index contributed by atoms with van der Waals surface area (Å²) in [6.07, 6.45) is 1.80. The molecule has 1 amide bonds. The van der Waals surface area contributed by atoms with Crippen LogP contribution in [-0.4, -0.2) is 24.2 Å². The van der Waals surface area contributed by atoms with E-state index >= 15 is 0 Å². The topological polar surface area (TPSA) is 49.3 Å². The molecule has 0 aliphatic carbocycles. The predicted octanol–water partition coefficient (Wildman–Crippen LogP) is 3.17. The number of amides is 1. The Morgan fingerprint density at radius 1 is 1.53 bits per heavy atom. The first-order valence-electron chi connectivity index (χ1n) is 6.34. The van der Waals surface area contributed by atoms with Gasteiger partial charge in [0.1, 0.15) is 0 Å². The molecule has 0 spiro atoms. The Labute approximate surface area is 127 Å². The number of benzene rings is 1. The van der Waals surface area contributed by atoms with Crippen molar-refractivity contribution >= 4 is 33.4 Å². The lowest BCUT2D eigenvalue weighted by Gasteiger charge is -2.11. The van der Waals surface area contributed by atoms with Gasteiger partial charge in [0, 0.05) is 29.1 Å². The molecule has 1 rings (SSSR count). The van der Waals surface area contributed by atoms with Crippen molar-refractivity contribution in [2.45, 2.75) is 26.2 Å². The largest absolute Gasteiger partial charge is 0.396 e. The number of rotatable bonds is 7. The summed E-state index contributed by atoms with van der Waals surface area (Å²) in [6, 6.07) is 5.57. The van der Waals surface area contributed by atoms with Crippen molar-refractivity contribution in [3.63, 3.8) is 0 Å². The van der Waals surface area contributed by atoms with Crippen molar-refractivity contribution in [3.8, 4) is 0 Å². The van der Waals surface area contributed by atoms with Crippen molar-refractivity contribution < 1.29 is 9.90 Å². The van der Waals surface area contributed by atoms with Gasteiger partial charge in [-0.25, -0.2) is 0 Å². The van der Waals surface area contributed by atoms with Gasteiger partial charge in [0.15, 0.2) is 0 Å². The van der Waals surface area contributed by atoms with E-state index < -0.39 is 0 Å². The zero-order valence-electron chi connectivity index (χ0n) is 11.0. The number of aryl methyl sites for hydroxylation is 1. The lowest BCUT2D eigenvalue weighted by molar-refractivity contribution is -0.121. The molecule has 0 aliphatic heterocycles. The minimum atomic E-state index is 0.0247.